The van der Waals surface area contributed by atoms with Crippen molar-refractivity contribution in [3.63, 3.8) is 0 Å². The third-order valence-corrected chi connectivity index (χ3v) is 5.76. The summed E-state index contributed by atoms with van der Waals surface area (Å²) in [5, 5.41) is 3.79. The van der Waals surface area contributed by atoms with Gasteiger partial charge in [0.2, 0.25) is 0 Å². The molecule has 24 heavy (non-hydrogen) atoms. The number of hydrogen-bond acceptors (Lipinski definition) is 1. The van der Waals surface area contributed by atoms with Gasteiger partial charge in [-0.25, -0.2) is 4.99 Å². The van der Waals surface area contributed by atoms with Gasteiger partial charge in [0, 0.05) is 16.6 Å². The second-order valence-electron chi connectivity index (χ2n) is 9.63. The Bertz CT molecular complexity index is 401. The summed E-state index contributed by atoms with van der Waals surface area (Å²) in [5.41, 5.74) is 0.0323. The maximum atomic E-state index is 5.22. The van der Waals surface area contributed by atoms with Crippen LogP contribution >= 0.6 is 0 Å². The Morgan fingerprint density at radius 1 is 0.708 bits per heavy atom. The molecule has 0 atom stereocenters. The summed E-state index contributed by atoms with van der Waals surface area (Å²) in [4.78, 5) is 7.76. The molecule has 0 heterocycles. The molecule has 0 unspecified atom stereocenters. The third kappa shape index (κ3) is 6.29. The molecule has 0 aromatic rings. The maximum absolute atomic E-state index is 5.22. The van der Waals surface area contributed by atoms with Crippen LogP contribution in [-0.2, 0) is 0 Å². The Balaban J connectivity index is 6.30. The standard InChI is InChI=1S/C21H45N3/c1-13-18(5,6)22-17(23-19(7,8)14-2)24(20(9,10)15-3)21(11,12)16-4/h13-16H2,1-12H3,(H,22,23). The fourth-order valence-corrected chi connectivity index (χ4v) is 2.60. The third-order valence-electron chi connectivity index (χ3n) is 5.76. The van der Waals surface area contributed by atoms with Gasteiger partial charge >= 0.3 is 0 Å². The minimum absolute atomic E-state index is 0.0224. The Morgan fingerprint density at radius 2 is 1.12 bits per heavy atom. The summed E-state index contributed by atoms with van der Waals surface area (Å²) in [6, 6.07) is 0. The van der Waals surface area contributed by atoms with Crippen LogP contribution in [0.1, 0.15) is 109 Å². The van der Waals surface area contributed by atoms with Gasteiger partial charge in [-0.3, -0.25) is 0 Å². The van der Waals surface area contributed by atoms with Crippen LogP contribution in [0.2, 0.25) is 0 Å². The monoisotopic (exact) mass is 339 g/mol. The molecule has 0 spiro atoms. The topological polar surface area (TPSA) is 27.6 Å². The minimum atomic E-state index is -0.0714. The van der Waals surface area contributed by atoms with E-state index in [0.29, 0.717) is 0 Å². The molecular weight excluding hydrogens is 294 g/mol. The first kappa shape index (κ1) is 23.3. The van der Waals surface area contributed by atoms with Gasteiger partial charge in [-0.1, -0.05) is 27.7 Å². The second-order valence-corrected chi connectivity index (χ2v) is 9.63. The van der Waals surface area contributed by atoms with Crippen LogP contribution in [-0.4, -0.2) is 33.0 Å². The van der Waals surface area contributed by atoms with Crippen LogP contribution in [0.25, 0.3) is 0 Å². The van der Waals surface area contributed by atoms with Gasteiger partial charge in [0.25, 0.3) is 0 Å². The van der Waals surface area contributed by atoms with Crippen molar-refractivity contribution in [3.8, 4) is 0 Å². The average Bonchev–Trinajstić information content (AvgIpc) is 2.46. The molecule has 3 heteroatoms. The van der Waals surface area contributed by atoms with Crippen LogP contribution in [0.15, 0.2) is 4.99 Å². The molecule has 0 amide bonds. The Labute approximate surface area is 152 Å². The van der Waals surface area contributed by atoms with E-state index in [1.807, 2.05) is 0 Å². The Kier molecular flexibility index (Phi) is 7.85. The zero-order valence-corrected chi connectivity index (χ0v) is 18.7. The van der Waals surface area contributed by atoms with Crippen LogP contribution in [0, 0.1) is 0 Å². The lowest BCUT2D eigenvalue weighted by Gasteiger charge is -2.52. The highest BCUT2D eigenvalue weighted by atomic mass is 15.4. The van der Waals surface area contributed by atoms with Crippen LogP contribution < -0.4 is 5.32 Å². The molecule has 0 aromatic carbocycles. The zero-order valence-electron chi connectivity index (χ0n) is 18.7. The summed E-state index contributed by atoms with van der Waals surface area (Å²) >= 11 is 0. The van der Waals surface area contributed by atoms with E-state index in [1.54, 1.807) is 0 Å². The lowest BCUT2D eigenvalue weighted by Crippen LogP contribution is -2.64. The van der Waals surface area contributed by atoms with E-state index in [2.05, 4.69) is 93.3 Å². The van der Waals surface area contributed by atoms with E-state index >= 15 is 0 Å². The van der Waals surface area contributed by atoms with Crippen molar-refractivity contribution in [2.45, 2.75) is 131 Å². The fourth-order valence-electron chi connectivity index (χ4n) is 2.60. The van der Waals surface area contributed by atoms with Gasteiger partial charge in [0.05, 0.1) is 5.54 Å². The average molecular weight is 340 g/mol. The smallest absolute Gasteiger partial charge is 0.195 e. The lowest BCUT2D eigenvalue weighted by atomic mass is 9.89. The molecule has 0 fully saturated rings. The highest BCUT2D eigenvalue weighted by molar-refractivity contribution is 5.82. The van der Waals surface area contributed by atoms with Crippen molar-refractivity contribution in [3.05, 3.63) is 0 Å². The van der Waals surface area contributed by atoms with Gasteiger partial charge in [-0.15, -0.1) is 0 Å². The van der Waals surface area contributed by atoms with Crippen LogP contribution in [0.5, 0.6) is 0 Å². The second kappa shape index (κ2) is 8.10. The highest BCUT2D eigenvalue weighted by Gasteiger charge is 2.40. The number of nitrogens with one attached hydrogen (secondary N) is 1. The van der Waals surface area contributed by atoms with Crippen LogP contribution in [0.3, 0.4) is 0 Å². The molecule has 0 radical (unpaired) electrons. The highest BCUT2D eigenvalue weighted by Crippen LogP contribution is 2.32. The van der Waals surface area contributed by atoms with Crippen molar-refractivity contribution >= 4 is 5.96 Å². The van der Waals surface area contributed by atoms with Crippen molar-refractivity contribution < 1.29 is 0 Å². The van der Waals surface area contributed by atoms with Gasteiger partial charge in [-0.05, 0) is 81.1 Å². The van der Waals surface area contributed by atoms with E-state index in [9.17, 15) is 0 Å². The van der Waals surface area contributed by atoms with Crippen molar-refractivity contribution in [2.24, 2.45) is 4.99 Å². The number of guanidine groups is 1. The first-order valence-electron chi connectivity index (χ1n) is 9.86. The van der Waals surface area contributed by atoms with E-state index < -0.39 is 0 Å². The Morgan fingerprint density at radius 3 is 1.42 bits per heavy atom. The molecule has 0 saturated carbocycles. The zero-order chi connectivity index (χ0) is 19.4. The normalized spacial score (nSPS) is 14.8. The first-order chi connectivity index (χ1) is 10.7. The SMILES string of the molecule is CCC(C)(C)N=C(NC(C)(C)CC)N(C(C)(C)CC)C(C)(C)CC. The molecule has 0 bridgehead atoms. The summed E-state index contributed by atoms with van der Waals surface area (Å²) in [7, 11) is 0. The van der Waals surface area contributed by atoms with E-state index in [-0.39, 0.29) is 22.2 Å². The number of nitrogens with zero attached hydrogens (tertiary/aromatic N) is 2. The maximum Gasteiger partial charge on any atom is 0.195 e. The van der Waals surface area contributed by atoms with Gasteiger partial charge < -0.3 is 10.2 Å². The molecule has 0 aliphatic carbocycles. The molecule has 144 valence electrons. The predicted octanol–water partition coefficient (Wildman–Crippen LogP) is 5.99. The molecule has 1 N–H and O–H groups in total. The summed E-state index contributed by atoms with van der Waals surface area (Å²) in [6.07, 6.45) is 4.25. The van der Waals surface area contributed by atoms with Gasteiger partial charge in [-0.2, -0.15) is 0 Å². The molecule has 0 saturated heterocycles. The summed E-state index contributed by atoms with van der Waals surface area (Å²) in [5.74, 6) is 1.05. The van der Waals surface area contributed by atoms with Gasteiger partial charge in [0.1, 0.15) is 0 Å². The number of aliphatic imine (C=N–C) groups is 1. The molecular formula is C21H45N3. The fraction of sp³-hybridized carbons (Fsp3) is 0.952. The summed E-state index contributed by atoms with van der Waals surface area (Å²) in [6.45, 7) is 27.3. The molecule has 0 rings (SSSR count). The molecule has 0 aliphatic rings. The predicted molar refractivity (Wildman–Crippen MR) is 110 cm³/mol. The quantitative estimate of drug-likeness (QED) is 0.434. The number of rotatable bonds is 8. The van der Waals surface area contributed by atoms with Gasteiger partial charge in [0.15, 0.2) is 5.96 Å². The number of hydrogen-bond donors (Lipinski definition) is 1. The van der Waals surface area contributed by atoms with E-state index in [4.69, 9.17) is 4.99 Å². The minimum Gasteiger partial charge on any atom is -0.351 e. The summed E-state index contributed by atoms with van der Waals surface area (Å²) < 4.78 is 0. The van der Waals surface area contributed by atoms with Crippen LogP contribution in [0.4, 0.5) is 0 Å². The lowest BCUT2D eigenvalue weighted by molar-refractivity contribution is 0.0801. The van der Waals surface area contributed by atoms with E-state index in [0.717, 1.165) is 31.6 Å². The van der Waals surface area contributed by atoms with E-state index in [1.165, 1.54) is 0 Å². The first-order valence-corrected chi connectivity index (χ1v) is 9.86. The molecule has 0 aliphatic heterocycles. The largest absolute Gasteiger partial charge is 0.351 e. The Hall–Kier alpha value is -0.730. The molecule has 3 nitrogen and oxygen atoms in total. The molecule has 0 aromatic heterocycles. The van der Waals surface area contributed by atoms with Crippen molar-refractivity contribution in [1.82, 2.24) is 10.2 Å². The van der Waals surface area contributed by atoms with Crippen molar-refractivity contribution in [1.29, 1.82) is 0 Å². The van der Waals surface area contributed by atoms with Crippen molar-refractivity contribution in [2.75, 3.05) is 0 Å².